The minimum atomic E-state index is 0.223. The monoisotopic (exact) mass is 246 g/mol. The maximum Gasteiger partial charge on any atom is 0.0599 e. The van der Waals surface area contributed by atoms with Gasteiger partial charge in [0.1, 0.15) is 0 Å². The lowest BCUT2D eigenvalue weighted by Crippen LogP contribution is -2.54. The van der Waals surface area contributed by atoms with Crippen molar-refractivity contribution in [2.24, 2.45) is 0 Å². The van der Waals surface area contributed by atoms with Gasteiger partial charge < -0.3 is 5.11 Å². The van der Waals surface area contributed by atoms with E-state index >= 15 is 0 Å². The second-order valence-electron chi connectivity index (χ2n) is 4.84. The van der Waals surface area contributed by atoms with Crippen LogP contribution in [-0.4, -0.2) is 53.7 Å². The van der Waals surface area contributed by atoms with E-state index in [9.17, 15) is 5.11 Å². The Kier molecular flexibility index (Phi) is 4.93. The van der Waals surface area contributed by atoms with E-state index in [4.69, 9.17) is 0 Å². The predicted molar refractivity (Wildman–Crippen MR) is 74.4 cm³/mol. The fourth-order valence-electron chi connectivity index (χ4n) is 2.50. The standard InChI is InChI=1S/C15H22N2O/c1-2-8-16-9-10-17(15(12-16)13-18)11-14-6-4-3-5-7-14/h2-7,15,18H,1,8-13H2. The van der Waals surface area contributed by atoms with Crippen molar-refractivity contribution in [3.63, 3.8) is 0 Å². The summed E-state index contributed by atoms with van der Waals surface area (Å²) in [5.74, 6) is 0. The molecule has 0 amide bonds. The minimum absolute atomic E-state index is 0.223. The summed E-state index contributed by atoms with van der Waals surface area (Å²) in [5, 5.41) is 9.53. The van der Waals surface area contributed by atoms with Gasteiger partial charge >= 0.3 is 0 Å². The van der Waals surface area contributed by atoms with E-state index in [2.05, 4.69) is 40.6 Å². The zero-order chi connectivity index (χ0) is 12.8. The Hall–Kier alpha value is -1.16. The van der Waals surface area contributed by atoms with Crippen LogP contribution in [0.4, 0.5) is 0 Å². The molecule has 1 heterocycles. The molecule has 1 atom stereocenters. The lowest BCUT2D eigenvalue weighted by Gasteiger charge is -2.40. The predicted octanol–water partition coefficient (Wildman–Crippen LogP) is 1.35. The van der Waals surface area contributed by atoms with E-state index in [0.717, 1.165) is 32.7 Å². The van der Waals surface area contributed by atoms with Crippen molar-refractivity contribution in [1.29, 1.82) is 0 Å². The van der Waals surface area contributed by atoms with Crippen LogP contribution in [0.1, 0.15) is 5.56 Å². The third-order valence-corrected chi connectivity index (χ3v) is 3.52. The molecule has 0 saturated carbocycles. The first-order valence-corrected chi connectivity index (χ1v) is 6.55. The lowest BCUT2D eigenvalue weighted by atomic mass is 10.1. The van der Waals surface area contributed by atoms with Crippen molar-refractivity contribution in [2.45, 2.75) is 12.6 Å². The normalized spacial score (nSPS) is 21.9. The fraction of sp³-hybridized carbons (Fsp3) is 0.467. The van der Waals surface area contributed by atoms with Crippen LogP contribution in [0.5, 0.6) is 0 Å². The third-order valence-electron chi connectivity index (χ3n) is 3.52. The summed E-state index contributed by atoms with van der Waals surface area (Å²) in [6.45, 7) is 8.82. The highest BCUT2D eigenvalue weighted by atomic mass is 16.3. The number of rotatable bonds is 5. The van der Waals surface area contributed by atoms with Gasteiger partial charge in [-0.2, -0.15) is 0 Å². The van der Waals surface area contributed by atoms with Gasteiger partial charge in [0.25, 0.3) is 0 Å². The molecule has 1 fully saturated rings. The zero-order valence-corrected chi connectivity index (χ0v) is 10.8. The summed E-state index contributed by atoms with van der Waals surface area (Å²) >= 11 is 0. The maximum atomic E-state index is 9.53. The van der Waals surface area contributed by atoms with E-state index in [1.165, 1.54) is 5.56 Å². The van der Waals surface area contributed by atoms with Gasteiger partial charge in [0.05, 0.1) is 6.61 Å². The largest absolute Gasteiger partial charge is 0.395 e. The number of hydrogen-bond acceptors (Lipinski definition) is 3. The van der Waals surface area contributed by atoms with Crippen LogP contribution in [0.25, 0.3) is 0 Å². The Labute approximate surface area is 109 Å². The molecule has 98 valence electrons. The van der Waals surface area contributed by atoms with Gasteiger partial charge in [-0.15, -0.1) is 6.58 Å². The van der Waals surface area contributed by atoms with Crippen LogP contribution < -0.4 is 0 Å². The van der Waals surface area contributed by atoms with Crippen molar-refractivity contribution in [3.05, 3.63) is 48.6 Å². The number of nitrogens with zero attached hydrogens (tertiary/aromatic N) is 2. The summed E-state index contributed by atoms with van der Waals surface area (Å²) in [5.41, 5.74) is 1.31. The average Bonchev–Trinajstić information content (AvgIpc) is 2.42. The van der Waals surface area contributed by atoms with Crippen molar-refractivity contribution < 1.29 is 5.11 Å². The highest BCUT2D eigenvalue weighted by Crippen LogP contribution is 2.13. The Balaban J connectivity index is 1.94. The number of aliphatic hydroxyl groups is 1. The molecule has 0 aromatic heterocycles. The molecule has 1 aliphatic rings. The Morgan fingerprint density at radius 2 is 2.06 bits per heavy atom. The van der Waals surface area contributed by atoms with Crippen LogP contribution in [0.15, 0.2) is 43.0 Å². The molecule has 3 heteroatoms. The van der Waals surface area contributed by atoms with E-state index in [0.29, 0.717) is 0 Å². The van der Waals surface area contributed by atoms with E-state index < -0.39 is 0 Å². The number of piperazine rings is 1. The van der Waals surface area contributed by atoms with Gasteiger partial charge in [0, 0.05) is 38.8 Å². The van der Waals surface area contributed by atoms with Crippen LogP contribution in [-0.2, 0) is 6.54 Å². The van der Waals surface area contributed by atoms with Gasteiger partial charge in [-0.25, -0.2) is 0 Å². The van der Waals surface area contributed by atoms with Crippen molar-refractivity contribution in [1.82, 2.24) is 9.80 Å². The van der Waals surface area contributed by atoms with Gasteiger partial charge in [-0.1, -0.05) is 36.4 Å². The van der Waals surface area contributed by atoms with Gasteiger partial charge in [0.2, 0.25) is 0 Å². The number of benzene rings is 1. The van der Waals surface area contributed by atoms with Gasteiger partial charge in [0.15, 0.2) is 0 Å². The zero-order valence-electron chi connectivity index (χ0n) is 10.8. The molecule has 1 aliphatic heterocycles. The fourth-order valence-corrected chi connectivity index (χ4v) is 2.50. The van der Waals surface area contributed by atoms with Crippen LogP contribution in [0.2, 0.25) is 0 Å². The molecule has 0 spiro atoms. The molecule has 1 aromatic rings. The van der Waals surface area contributed by atoms with Crippen LogP contribution in [0.3, 0.4) is 0 Å². The molecular formula is C15H22N2O. The number of hydrogen-bond donors (Lipinski definition) is 1. The van der Waals surface area contributed by atoms with Crippen molar-refractivity contribution in [3.8, 4) is 0 Å². The highest BCUT2D eigenvalue weighted by Gasteiger charge is 2.25. The molecule has 18 heavy (non-hydrogen) atoms. The topological polar surface area (TPSA) is 26.7 Å². The molecule has 0 bridgehead atoms. The van der Waals surface area contributed by atoms with E-state index in [-0.39, 0.29) is 12.6 Å². The van der Waals surface area contributed by atoms with E-state index in [1.54, 1.807) is 0 Å². The second kappa shape index (κ2) is 6.69. The first-order chi connectivity index (χ1) is 8.83. The summed E-state index contributed by atoms with van der Waals surface area (Å²) < 4.78 is 0. The molecule has 1 unspecified atom stereocenters. The lowest BCUT2D eigenvalue weighted by molar-refractivity contribution is 0.0398. The Morgan fingerprint density at radius 3 is 2.72 bits per heavy atom. The Bertz CT molecular complexity index is 366. The quantitative estimate of drug-likeness (QED) is 0.795. The molecular weight excluding hydrogens is 224 g/mol. The molecule has 1 aromatic carbocycles. The molecule has 2 rings (SSSR count). The first-order valence-electron chi connectivity index (χ1n) is 6.55. The molecule has 0 radical (unpaired) electrons. The maximum absolute atomic E-state index is 9.53. The first kappa shape index (κ1) is 13.3. The smallest absolute Gasteiger partial charge is 0.0599 e. The Morgan fingerprint density at radius 1 is 1.28 bits per heavy atom. The van der Waals surface area contributed by atoms with Gasteiger partial charge in [-0.05, 0) is 5.56 Å². The molecule has 0 aliphatic carbocycles. The number of aliphatic hydroxyl groups excluding tert-OH is 1. The second-order valence-corrected chi connectivity index (χ2v) is 4.84. The van der Waals surface area contributed by atoms with Gasteiger partial charge in [-0.3, -0.25) is 9.80 Å². The molecule has 1 saturated heterocycles. The van der Waals surface area contributed by atoms with Crippen molar-refractivity contribution in [2.75, 3.05) is 32.8 Å². The third kappa shape index (κ3) is 3.42. The highest BCUT2D eigenvalue weighted by molar-refractivity contribution is 5.14. The SMILES string of the molecule is C=CCN1CCN(Cc2ccccc2)C(CO)C1. The molecule has 3 nitrogen and oxygen atoms in total. The average molecular weight is 246 g/mol. The summed E-state index contributed by atoms with van der Waals surface area (Å²) in [6.07, 6.45) is 1.93. The van der Waals surface area contributed by atoms with Crippen LogP contribution in [0, 0.1) is 0 Å². The minimum Gasteiger partial charge on any atom is -0.395 e. The summed E-state index contributed by atoms with van der Waals surface area (Å²) in [6, 6.07) is 10.7. The van der Waals surface area contributed by atoms with E-state index in [1.807, 2.05) is 12.1 Å². The summed E-state index contributed by atoms with van der Waals surface area (Å²) in [7, 11) is 0. The molecule has 1 N–H and O–H groups in total. The summed E-state index contributed by atoms with van der Waals surface area (Å²) in [4.78, 5) is 4.71. The van der Waals surface area contributed by atoms with Crippen LogP contribution >= 0.6 is 0 Å². The van der Waals surface area contributed by atoms with Crippen molar-refractivity contribution >= 4 is 0 Å².